The van der Waals surface area contributed by atoms with Crippen molar-refractivity contribution < 1.29 is 0 Å². The first-order chi connectivity index (χ1) is 10.1. The summed E-state index contributed by atoms with van der Waals surface area (Å²) in [6.45, 7) is 6.38. The summed E-state index contributed by atoms with van der Waals surface area (Å²) < 4.78 is 0. The normalized spacial score (nSPS) is 11.3. The first-order valence-corrected chi connectivity index (χ1v) is 7.14. The van der Waals surface area contributed by atoms with Gasteiger partial charge in [0, 0.05) is 5.69 Å². The molecule has 0 spiro atoms. The Morgan fingerprint density at radius 2 is 1.86 bits per heavy atom. The zero-order valence-electron chi connectivity index (χ0n) is 12.7. The lowest BCUT2D eigenvalue weighted by atomic mass is 10.0. The van der Waals surface area contributed by atoms with E-state index in [2.05, 4.69) is 37.4 Å². The summed E-state index contributed by atoms with van der Waals surface area (Å²) in [5.41, 5.74) is 4.96. The van der Waals surface area contributed by atoms with Gasteiger partial charge < -0.3 is 5.32 Å². The molecule has 2 nitrogen and oxygen atoms in total. The average molecular weight is 276 g/mol. The van der Waals surface area contributed by atoms with Gasteiger partial charge in [-0.05, 0) is 47.7 Å². The Balaban J connectivity index is 2.19. The second kappa shape index (κ2) is 6.76. The van der Waals surface area contributed by atoms with Crippen LogP contribution in [0.3, 0.4) is 0 Å². The summed E-state index contributed by atoms with van der Waals surface area (Å²) in [6, 6.07) is 18.5. The summed E-state index contributed by atoms with van der Waals surface area (Å²) in [7, 11) is 0. The summed E-state index contributed by atoms with van der Waals surface area (Å²) in [5.74, 6) is 0.517. The van der Waals surface area contributed by atoms with E-state index in [-0.39, 0.29) is 0 Å². The number of nitrogens with zero attached hydrogens (tertiary/aromatic N) is 1. The second-order valence-corrected chi connectivity index (χ2v) is 5.49. The number of benzene rings is 2. The van der Waals surface area contributed by atoms with Crippen molar-refractivity contribution in [3.05, 3.63) is 70.9 Å². The van der Waals surface area contributed by atoms with E-state index in [9.17, 15) is 5.26 Å². The number of nitrogens with one attached hydrogen (secondary N) is 1. The molecule has 0 aliphatic carbocycles. The van der Waals surface area contributed by atoms with Crippen LogP contribution in [0.4, 0.5) is 5.69 Å². The zero-order chi connectivity index (χ0) is 15.2. The van der Waals surface area contributed by atoms with Crippen LogP contribution in [0.2, 0.25) is 0 Å². The van der Waals surface area contributed by atoms with Crippen molar-refractivity contribution in [1.29, 1.82) is 5.26 Å². The van der Waals surface area contributed by atoms with E-state index in [0.29, 0.717) is 11.6 Å². The van der Waals surface area contributed by atoms with Crippen molar-refractivity contribution in [2.75, 3.05) is 5.32 Å². The summed E-state index contributed by atoms with van der Waals surface area (Å²) in [6.07, 6.45) is 1.87. The van der Waals surface area contributed by atoms with Crippen molar-refractivity contribution in [2.24, 2.45) is 0 Å². The van der Waals surface area contributed by atoms with Crippen molar-refractivity contribution in [2.45, 2.75) is 26.7 Å². The van der Waals surface area contributed by atoms with E-state index in [1.807, 2.05) is 49.4 Å². The second-order valence-electron chi connectivity index (χ2n) is 5.49. The van der Waals surface area contributed by atoms with Gasteiger partial charge >= 0.3 is 0 Å². The summed E-state index contributed by atoms with van der Waals surface area (Å²) in [5, 5.41) is 12.4. The van der Waals surface area contributed by atoms with Crippen LogP contribution in [0.15, 0.2) is 54.2 Å². The molecule has 2 aromatic rings. The van der Waals surface area contributed by atoms with Gasteiger partial charge in [0.05, 0.1) is 0 Å². The van der Waals surface area contributed by atoms with Gasteiger partial charge in [-0.25, -0.2) is 0 Å². The average Bonchev–Trinajstić information content (AvgIpc) is 2.47. The van der Waals surface area contributed by atoms with Crippen molar-refractivity contribution in [1.82, 2.24) is 0 Å². The van der Waals surface area contributed by atoms with Crippen LogP contribution in [0.25, 0.3) is 6.08 Å². The number of nitriles is 1. The van der Waals surface area contributed by atoms with Gasteiger partial charge in [0.2, 0.25) is 0 Å². The van der Waals surface area contributed by atoms with Gasteiger partial charge in [-0.3, -0.25) is 0 Å². The van der Waals surface area contributed by atoms with Crippen molar-refractivity contribution >= 4 is 11.8 Å². The number of hydrogen-bond acceptors (Lipinski definition) is 2. The summed E-state index contributed by atoms with van der Waals surface area (Å²) in [4.78, 5) is 0. The van der Waals surface area contributed by atoms with Crippen LogP contribution in [0.1, 0.15) is 36.5 Å². The van der Waals surface area contributed by atoms with Gasteiger partial charge in [0.1, 0.15) is 11.8 Å². The lowest BCUT2D eigenvalue weighted by molar-refractivity contribution is 0.866. The van der Waals surface area contributed by atoms with Crippen molar-refractivity contribution in [3.63, 3.8) is 0 Å². The maximum atomic E-state index is 9.28. The quantitative estimate of drug-likeness (QED) is 0.789. The molecule has 0 unspecified atom stereocenters. The number of anilines is 1. The third-order valence-corrected chi connectivity index (χ3v) is 3.33. The first kappa shape index (κ1) is 14.9. The molecule has 1 N–H and O–H groups in total. The molecule has 0 saturated carbocycles. The fourth-order valence-electron chi connectivity index (χ4n) is 2.12. The molecule has 0 heterocycles. The topological polar surface area (TPSA) is 35.8 Å². The zero-order valence-corrected chi connectivity index (χ0v) is 12.7. The fourth-order valence-corrected chi connectivity index (χ4v) is 2.12. The Bertz CT molecular complexity index is 673. The van der Waals surface area contributed by atoms with Crippen LogP contribution in [-0.2, 0) is 0 Å². The molecule has 0 aromatic heterocycles. The van der Waals surface area contributed by atoms with E-state index in [1.54, 1.807) is 0 Å². The molecule has 2 rings (SSSR count). The van der Waals surface area contributed by atoms with Gasteiger partial charge in [-0.2, -0.15) is 5.26 Å². The van der Waals surface area contributed by atoms with Crippen LogP contribution in [0, 0.1) is 18.3 Å². The molecule has 0 bridgehead atoms. The molecule has 106 valence electrons. The highest BCUT2D eigenvalue weighted by Crippen LogP contribution is 2.17. The van der Waals surface area contributed by atoms with Crippen LogP contribution < -0.4 is 5.32 Å². The molecule has 0 radical (unpaired) electrons. The predicted molar refractivity (Wildman–Crippen MR) is 88.9 cm³/mol. The van der Waals surface area contributed by atoms with Gasteiger partial charge in [0.15, 0.2) is 0 Å². The van der Waals surface area contributed by atoms with Crippen LogP contribution in [0.5, 0.6) is 0 Å². The Morgan fingerprint density at radius 1 is 1.14 bits per heavy atom. The van der Waals surface area contributed by atoms with E-state index in [4.69, 9.17) is 0 Å². The molecule has 0 aliphatic rings. The largest absolute Gasteiger partial charge is 0.347 e. The van der Waals surface area contributed by atoms with Crippen LogP contribution in [-0.4, -0.2) is 0 Å². The first-order valence-electron chi connectivity index (χ1n) is 7.14. The third kappa shape index (κ3) is 4.22. The monoisotopic (exact) mass is 276 g/mol. The highest BCUT2D eigenvalue weighted by Gasteiger charge is 2.00. The maximum Gasteiger partial charge on any atom is 0.118 e. The number of hydrogen-bond donors (Lipinski definition) is 1. The Hall–Kier alpha value is -2.53. The predicted octanol–water partition coefficient (Wildman–Crippen LogP) is 5.10. The smallest absolute Gasteiger partial charge is 0.118 e. The minimum absolute atomic E-state index is 0.517. The number of aryl methyl sites for hydroxylation is 1. The van der Waals surface area contributed by atoms with E-state index in [0.717, 1.165) is 11.3 Å². The molecular weight excluding hydrogens is 256 g/mol. The Labute approximate surface area is 126 Å². The SMILES string of the molecule is Cc1cccc(NC(C#N)=Cc2ccc(C(C)C)cc2)c1. The molecule has 0 amide bonds. The maximum absolute atomic E-state index is 9.28. The molecular formula is C19H20N2. The van der Waals surface area contributed by atoms with E-state index in [1.165, 1.54) is 11.1 Å². The van der Waals surface area contributed by atoms with E-state index >= 15 is 0 Å². The third-order valence-electron chi connectivity index (χ3n) is 3.33. The number of rotatable bonds is 4. The van der Waals surface area contributed by atoms with Gasteiger partial charge in [-0.15, -0.1) is 0 Å². The minimum Gasteiger partial charge on any atom is -0.347 e. The molecule has 0 aliphatic heterocycles. The minimum atomic E-state index is 0.517. The highest BCUT2D eigenvalue weighted by molar-refractivity contribution is 5.64. The molecule has 0 saturated heterocycles. The highest BCUT2D eigenvalue weighted by atomic mass is 14.9. The Morgan fingerprint density at radius 3 is 2.43 bits per heavy atom. The molecule has 21 heavy (non-hydrogen) atoms. The molecule has 2 aromatic carbocycles. The van der Waals surface area contributed by atoms with Crippen molar-refractivity contribution in [3.8, 4) is 6.07 Å². The standard InChI is InChI=1S/C19H20N2/c1-14(2)17-9-7-16(8-10-17)12-19(13-20)21-18-6-4-5-15(3)11-18/h4-12,14,21H,1-3H3. The molecule has 2 heteroatoms. The molecule has 0 atom stereocenters. The van der Waals surface area contributed by atoms with Gasteiger partial charge in [-0.1, -0.05) is 50.2 Å². The lowest BCUT2D eigenvalue weighted by Gasteiger charge is -2.07. The Kier molecular flexibility index (Phi) is 4.79. The molecule has 0 fully saturated rings. The lowest BCUT2D eigenvalue weighted by Crippen LogP contribution is -1.97. The summed E-state index contributed by atoms with van der Waals surface area (Å²) >= 11 is 0. The van der Waals surface area contributed by atoms with E-state index < -0.39 is 0 Å². The van der Waals surface area contributed by atoms with Gasteiger partial charge in [0.25, 0.3) is 0 Å². The van der Waals surface area contributed by atoms with Crippen LogP contribution >= 0.6 is 0 Å². The number of allylic oxidation sites excluding steroid dienone is 1. The fraction of sp³-hybridized carbons (Fsp3) is 0.211.